The second-order valence-corrected chi connectivity index (χ2v) is 10.6. The van der Waals surface area contributed by atoms with Crippen LogP contribution < -0.4 is 15.2 Å². The van der Waals surface area contributed by atoms with Crippen LogP contribution in [-0.2, 0) is 42.1 Å². The van der Waals surface area contributed by atoms with E-state index < -0.39 is 27.7 Å². The van der Waals surface area contributed by atoms with Crippen molar-refractivity contribution < 1.29 is 18.1 Å². The predicted octanol–water partition coefficient (Wildman–Crippen LogP) is 3.30. The average molecular weight is 448 g/mol. The summed E-state index contributed by atoms with van der Waals surface area (Å²) in [5.74, 6) is 0.287. The summed E-state index contributed by atoms with van der Waals surface area (Å²) < 4.78 is 38.6. The Hall–Kier alpha value is -2.46. The lowest BCUT2D eigenvalue weighted by Gasteiger charge is -2.20. The van der Waals surface area contributed by atoms with Crippen LogP contribution in [0.3, 0.4) is 0 Å². The number of carbonyl (C=O) groups is 1. The van der Waals surface area contributed by atoms with E-state index >= 15 is 0 Å². The van der Waals surface area contributed by atoms with Crippen LogP contribution in [0, 0.1) is 0 Å². The van der Waals surface area contributed by atoms with E-state index in [1.54, 1.807) is 4.68 Å². The third kappa shape index (κ3) is 3.41. The number of nitrogens with one attached hydrogen (secondary N) is 1. The van der Waals surface area contributed by atoms with Crippen molar-refractivity contribution in [2.75, 3.05) is 5.32 Å². The number of urea groups is 1. The standard InChI is InChI=1S/C21H26FN5O3S/c1-3-21(2)11-27-19(30-21)17(10-24-27)31(23,29)26-20(28)25-18-15-6-4-5-12(15)7-13-8-14(22)9-16(13)18/h7,10,14H,3-6,8-9,11H2,1-2H3,(H3,23,25,26,28,29)/t14-,21-,31-/m1/s1. The van der Waals surface area contributed by atoms with E-state index in [1.807, 2.05) is 13.8 Å². The number of ether oxygens (including phenoxy) is 1. The number of benzene rings is 1. The highest BCUT2D eigenvalue weighted by molar-refractivity contribution is 7.91. The maximum absolute atomic E-state index is 14.1. The number of fused-ring (bicyclic) bond motifs is 3. The second-order valence-electron chi connectivity index (χ2n) is 8.85. The smallest absolute Gasteiger partial charge is 0.354 e. The summed E-state index contributed by atoms with van der Waals surface area (Å²) in [5.41, 5.74) is 4.05. The van der Waals surface area contributed by atoms with Crippen molar-refractivity contribution in [2.45, 2.75) is 75.6 Å². The highest BCUT2D eigenvalue weighted by atomic mass is 32.2. The molecule has 3 aliphatic rings. The normalized spacial score (nSPS) is 25.4. The first-order valence-electron chi connectivity index (χ1n) is 10.6. The number of amides is 2. The summed E-state index contributed by atoms with van der Waals surface area (Å²) in [5, 5.41) is 13.0. The van der Waals surface area contributed by atoms with Gasteiger partial charge in [-0.15, -0.1) is 4.36 Å². The Morgan fingerprint density at radius 2 is 2.23 bits per heavy atom. The minimum Gasteiger partial charge on any atom is -0.469 e. The molecule has 0 saturated carbocycles. The molecule has 3 atom stereocenters. The van der Waals surface area contributed by atoms with Crippen LogP contribution in [0.5, 0.6) is 5.88 Å². The van der Waals surface area contributed by atoms with Crippen LogP contribution in [0.15, 0.2) is 21.5 Å². The molecular formula is C21H26FN5O3S. The van der Waals surface area contributed by atoms with Crippen molar-refractivity contribution in [2.24, 2.45) is 9.50 Å². The fourth-order valence-electron chi connectivity index (χ4n) is 4.79. The number of halogens is 1. The molecule has 0 spiro atoms. The van der Waals surface area contributed by atoms with Crippen molar-refractivity contribution >= 4 is 21.6 Å². The van der Waals surface area contributed by atoms with Gasteiger partial charge in [0.15, 0.2) is 9.92 Å². The highest BCUT2D eigenvalue weighted by Crippen LogP contribution is 2.40. The van der Waals surface area contributed by atoms with Gasteiger partial charge in [-0.05, 0) is 54.9 Å². The van der Waals surface area contributed by atoms with Gasteiger partial charge in [0.25, 0.3) is 0 Å². The monoisotopic (exact) mass is 447 g/mol. The van der Waals surface area contributed by atoms with E-state index in [1.165, 1.54) is 6.20 Å². The van der Waals surface area contributed by atoms with E-state index in [9.17, 15) is 13.4 Å². The molecule has 2 heterocycles. The quantitative estimate of drug-likeness (QED) is 0.752. The molecule has 5 rings (SSSR count). The SMILES string of the molecule is CC[C@]1(C)Cn2ncc([S@](N)(=O)=NC(=O)Nc3c4c(cc5c3C[C@H](F)C5)CCC4)c2O1. The number of rotatable bonds is 3. The predicted molar refractivity (Wildman–Crippen MR) is 114 cm³/mol. The number of nitrogens with two attached hydrogens (primary N) is 1. The van der Waals surface area contributed by atoms with E-state index in [0.717, 1.165) is 47.9 Å². The molecule has 0 unspecified atom stereocenters. The largest absolute Gasteiger partial charge is 0.469 e. The van der Waals surface area contributed by atoms with Crippen LogP contribution in [0.1, 0.15) is 48.9 Å². The zero-order valence-electron chi connectivity index (χ0n) is 17.6. The maximum Gasteiger partial charge on any atom is 0.354 e. The number of alkyl halides is 1. The van der Waals surface area contributed by atoms with E-state index in [-0.39, 0.29) is 17.2 Å². The summed E-state index contributed by atoms with van der Waals surface area (Å²) >= 11 is 0. The molecule has 3 N–H and O–H groups in total. The molecule has 0 saturated heterocycles. The van der Waals surface area contributed by atoms with Crippen molar-refractivity contribution in [3.8, 4) is 5.88 Å². The van der Waals surface area contributed by atoms with Gasteiger partial charge in [-0.3, -0.25) is 0 Å². The number of hydrogen-bond donors (Lipinski definition) is 2. The molecule has 8 nitrogen and oxygen atoms in total. The zero-order chi connectivity index (χ0) is 22.0. The summed E-state index contributed by atoms with van der Waals surface area (Å²) in [6, 6.07) is 1.25. The Labute approximate surface area is 180 Å². The Morgan fingerprint density at radius 3 is 3.00 bits per heavy atom. The minimum atomic E-state index is -3.58. The lowest BCUT2D eigenvalue weighted by Crippen LogP contribution is -2.30. The van der Waals surface area contributed by atoms with Gasteiger partial charge in [-0.25, -0.2) is 23.2 Å². The fraction of sp³-hybridized carbons (Fsp3) is 0.524. The third-order valence-corrected chi connectivity index (χ3v) is 7.91. The topological polar surface area (TPSA) is 112 Å². The van der Waals surface area contributed by atoms with E-state index in [4.69, 9.17) is 9.88 Å². The van der Waals surface area contributed by atoms with Crippen molar-refractivity contribution in [3.05, 3.63) is 34.5 Å². The molecule has 1 aromatic heterocycles. The molecule has 1 aliphatic heterocycles. The van der Waals surface area contributed by atoms with E-state index in [2.05, 4.69) is 20.8 Å². The summed E-state index contributed by atoms with van der Waals surface area (Å²) in [6.07, 6.45) is 4.44. The van der Waals surface area contributed by atoms with Gasteiger partial charge in [0.05, 0.1) is 12.7 Å². The van der Waals surface area contributed by atoms with E-state index in [0.29, 0.717) is 18.7 Å². The molecule has 2 aromatic rings. The molecule has 0 fully saturated rings. The Morgan fingerprint density at radius 1 is 1.42 bits per heavy atom. The highest BCUT2D eigenvalue weighted by Gasteiger charge is 2.38. The lowest BCUT2D eigenvalue weighted by molar-refractivity contribution is 0.105. The van der Waals surface area contributed by atoms with Gasteiger partial charge in [-0.2, -0.15) is 5.10 Å². The molecule has 2 aliphatic carbocycles. The fourth-order valence-corrected chi connectivity index (χ4v) is 5.78. The Kier molecular flexibility index (Phi) is 4.63. The molecular weight excluding hydrogens is 421 g/mol. The molecule has 166 valence electrons. The van der Waals surface area contributed by atoms with Crippen LogP contribution in [0.2, 0.25) is 0 Å². The maximum atomic E-state index is 14.1. The second kappa shape index (κ2) is 7.03. The van der Waals surface area contributed by atoms with Gasteiger partial charge < -0.3 is 10.1 Å². The molecule has 31 heavy (non-hydrogen) atoms. The first-order valence-corrected chi connectivity index (χ1v) is 12.2. The molecule has 2 amide bonds. The summed E-state index contributed by atoms with van der Waals surface area (Å²) in [4.78, 5) is 12.9. The Balaban J connectivity index is 1.47. The number of hydrogen-bond acceptors (Lipinski definition) is 4. The van der Waals surface area contributed by atoms with Crippen LogP contribution >= 0.6 is 0 Å². The van der Waals surface area contributed by atoms with Crippen LogP contribution in [-0.4, -0.2) is 31.8 Å². The molecule has 0 bridgehead atoms. The first-order chi connectivity index (χ1) is 14.7. The van der Waals surface area contributed by atoms with Gasteiger partial charge in [0, 0.05) is 18.5 Å². The minimum absolute atomic E-state index is 0.104. The van der Waals surface area contributed by atoms with Crippen molar-refractivity contribution in [3.63, 3.8) is 0 Å². The third-order valence-electron chi connectivity index (χ3n) is 6.57. The lowest BCUT2D eigenvalue weighted by atomic mass is 9.99. The van der Waals surface area contributed by atoms with Gasteiger partial charge in [0.2, 0.25) is 5.88 Å². The van der Waals surface area contributed by atoms with Gasteiger partial charge in [0.1, 0.15) is 16.7 Å². The van der Waals surface area contributed by atoms with Crippen LogP contribution in [0.25, 0.3) is 0 Å². The Bertz CT molecular complexity index is 1220. The number of aromatic nitrogens is 2. The summed E-state index contributed by atoms with van der Waals surface area (Å²) in [6.45, 7) is 4.43. The first kappa shape index (κ1) is 20.4. The molecule has 1 aromatic carbocycles. The zero-order valence-corrected chi connectivity index (χ0v) is 18.4. The van der Waals surface area contributed by atoms with Gasteiger partial charge in [-0.1, -0.05) is 13.0 Å². The number of aryl methyl sites for hydroxylation is 1. The average Bonchev–Trinajstić information content (AvgIpc) is 3.43. The molecule has 0 radical (unpaired) electrons. The number of carbonyl (C=O) groups excluding carboxylic acids is 1. The van der Waals surface area contributed by atoms with Gasteiger partial charge >= 0.3 is 6.03 Å². The van der Waals surface area contributed by atoms with Crippen molar-refractivity contribution in [1.29, 1.82) is 0 Å². The summed E-state index contributed by atoms with van der Waals surface area (Å²) in [7, 11) is -3.58. The number of anilines is 1. The van der Waals surface area contributed by atoms with Crippen LogP contribution in [0.4, 0.5) is 14.9 Å². The molecule has 10 heteroatoms. The van der Waals surface area contributed by atoms with Crippen molar-refractivity contribution in [1.82, 2.24) is 9.78 Å². The number of nitrogens with zero attached hydrogens (tertiary/aromatic N) is 3.